The van der Waals surface area contributed by atoms with Crippen LogP contribution in [0.3, 0.4) is 0 Å². The summed E-state index contributed by atoms with van der Waals surface area (Å²) in [4.78, 5) is 29.2. The number of hydrogen-bond acceptors (Lipinski definition) is 3. The summed E-state index contributed by atoms with van der Waals surface area (Å²) >= 11 is 0. The van der Waals surface area contributed by atoms with Gasteiger partial charge in [0.15, 0.2) is 0 Å². The topological polar surface area (TPSA) is 63.6 Å². The minimum atomic E-state index is -0.119. The van der Waals surface area contributed by atoms with E-state index in [-0.39, 0.29) is 11.8 Å². The Balaban J connectivity index is 1.21. The van der Waals surface area contributed by atoms with Gasteiger partial charge >= 0.3 is 0 Å². The number of amides is 2. The van der Waals surface area contributed by atoms with Crippen LogP contribution >= 0.6 is 0 Å². The van der Waals surface area contributed by atoms with Gasteiger partial charge in [0.05, 0.1) is 20.2 Å². The maximum atomic E-state index is 14.1. The van der Waals surface area contributed by atoms with Gasteiger partial charge < -0.3 is 19.5 Å². The number of fused-ring (bicyclic) bond motifs is 2. The number of hydrogen-bond donors (Lipinski definition) is 1. The van der Waals surface area contributed by atoms with Crippen LogP contribution in [0.1, 0.15) is 56.1 Å². The van der Waals surface area contributed by atoms with Crippen LogP contribution in [0.25, 0.3) is 11.1 Å². The smallest absolute Gasteiger partial charge is 0.267 e. The van der Waals surface area contributed by atoms with Gasteiger partial charge in [-0.1, -0.05) is 72.8 Å². The van der Waals surface area contributed by atoms with Crippen molar-refractivity contribution in [3.63, 3.8) is 0 Å². The van der Waals surface area contributed by atoms with Crippen molar-refractivity contribution < 1.29 is 14.3 Å². The first-order valence-electron chi connectivity index (χ1n) is 15.2. The average Bonchev–Trinajstić information content (AvgIpc) is 3.37. The van der Waals surface area contributed by atoms with E-state index < -0.39 is 0 Å². The number of aryl methyl sites for hydroxylation is 2. The molecule has 0 radical (unpaired) electrons. The van der Waals surface area contributed by atoms with Crippen molar-refractivity contribution in [3.8, 4) is 16.9 Å². The Hall–Kier alpha value is -5.10. The van der Waals surface area contributed by atoms with Gasteiger partial charge in [0.1, 0.15) is 11.4 Å². The van der Waals surface area contributed by atoms with Crippen molar-refractivity contribution in [1.82, 2.24) is 9.88 Å². The third kappa shape index (κ3) is 6.02. The van der Waals surface area contributed by atoms with Crippen molar-refractivity contribution in [2.45, 2.75) is 39.3 Å². The lowest BCUT2D eigenvalue weighted by atomic mass is 9.98. The molecule has 0 unspecified atom stereocenters. The highest BCUT2D eigenvalue weighted by molar-refractivity contribution is 6.07. The first-order valence-corrected chi connectivity index (χ1v) is 15.2. The molecule has 0 saturated carbocycles. The molecule has 4 aromatic carbocycles. The predicted molar refractivity (Wildman–Crippen MR) is 175 cm³/mol. The average molecular weight is 584 g/mol. The van der Waals surface area contributed by atoms with E-state index in [0.29, 0.717) is 36.6 Å². The minimum Gasteiger partial charge on any atom is -0.496 e. The van der Waals surface area contributed by atoms with Crippen molar-refractivity contribution >= 4 is 17.5 Å². The number of nitrogens with zero attached hydrogens (tertiary/aromatic N) is 2. The molecule has 1 N–H and O–H groups in total. The number of nitrogens with one attached hydrogen (secondary N) is 1. The van der Waals surface area contributed by atoms with E-state index in [9.17, 15) is 9.59 Å². The normalized spacial score (nSPS) is 12.2. The first kappa shape index (κ1) is 29.0. The minimum absolute atomic E-state index is 0.0928. The quantitative estimate of drug-likeness (QED) is 0.184. The van der Waals surface area contributed by atoms with Crippen LogP contribution in [0.2, 0.25) is 0 Å². The molecule has 222 valence electrons. The summed E-state index contributed by atoms with van der Waals surface area (Å²) in [5.74, 6) is 0.440. The van der Waals surface area contributed by atoms with Crippen LogP contribution in [0.4, 0.5) is 5.69 Å². The molecule has 0 spiro atoms. The largest absolute Gasteiger partial charge is 0.496 e. The fraction of sp³-hybridized carbons (Fsp3) is 0.211. The summed E-state index contributed by atoms with van der Waals surface area (Å²) in [6.45, 7) is 3.54. The lowest BCUT2D eigenvalue weighted by Gasteiger charge is -2.23. The number of carbonyl (C=O) groups excluding carboxylic acids is 2. The Morgan fingerprint density at radius 1 is 0.795 bits per heavy atom. The van der Waals surface area contributed by atoms with Crippen LogP contribution in [-0.2, 0) is 19.5 Å². The van der Waals surface area contributed by atoms with E-state index in [1.165, 1.54) is 5.56 Å². The summed E-state index contributed by atoms with van der Waals surface area (Å²) in [5, 5.41) is 3.11. The summed E-state index contributed by atoms with van der Waals surface area (Å²) < 4.78 is 7.80. The SMILES string of the molecule is COc1cc(C(=O)N2Cc3ccc(C(=O)NCCCCc4ccccc4)n3Cc3ccccc32)ccc1-c1ccccc1C. The zero-order valence-electron chi connectivity index (χ0n) is 25.3. The number of unbranched alkanes of at least 4 members (excludes halogenated alkanes) is 1. The molecule has 0 aliphatic carbocycles. The molecule has 1 aliphatic heterocycles. The molecular formula is C38H37N3O3. The van der Waals surface area contributed by atoms with Crippen LogP contribution in [0, 0.1) is 6.92 Å². The Bertz CT molecular complexity index is 1790. The van der Waals surface area contributed by atoms with E-state index in [1.54, 1.807) is 7.11 Å². The molecular weight excluding hydrogens is 546 g/mol. The van der Waals surface area contributed by atoms with Gasteiger partial charge in [0.25, 0.3) is 11.8 Å². The second-order valence-corrected chi connectivity index (χ2v) is 11.2. The highest BCUT2D eigenvalue weighted by atomic mass is 16.5. The highest BCUT2D eigenvalue weighted by Crippen LogP contribution is 2.35. The molecule has 0 fully saturated rings. The first-order chi connectivity index (χ1) is 21.5. The fourth-order valence-corrected chi connectivity index (χ4v) is 6.01. The molecule has 0 bridgehead atoms. The predicted octanol–water partition coefficient (Wildman–Crippen LogP) is 7.43. The lowest BCUT2D eigenvalue weighted by molar-refractivity contribution is 0.0943. The molecule has 1 aliphatic rings. The van der Waals surface area contributed by atoms with Crippen LogP contribution in [0.15, 0.2) is 109 Å². The number of ether oxygens (including phenoxy) is 1. The summed E-state index contributed by atoms with van der Waals surface area (Å²) in [6.07, 6.45) is 2.92. The van der Waals surface area contributed by atoms with Gasteiger partial charge in [-0.05, 0) is 84.8 Å². The van der Waals surface area contributed by atoms with E-state index in [0.717, 1.165) is 52.9 Å². The Kier molecular flexibility index (Phi) is 8.59. The van der Waals surface area contributed by atoms with Gasteiger partial charge in [0.2, 0.25) is 0 Å². The third-order valence-corrected chi connectivity index (χ3v) is 8.38. The number of rotatable bonds is 9. The lowest BCUT2D eigenvalue weighted by Crippen LogP contribution is -2.31. The highest BCUT2D eigenvalue weighted by Gasteiger charge is 2.28. The van der Waals surface area contributed by atoms with Crippen molar-refractivity contribution in [1.29, 1.82) is 0 Å². The summed E-state index contributed by atoms with van der Waals surface area (Å²) in [7, 11) is 1.63. The Labute approximate surface area is 258 Å². The number of anilines is 1. The molecule has 2 heterocycles. The number of methoxy groups -OCH3 is 1. The molecule has 0 saturated heterocycles. The van der Waals surface area contributed by atoms with Crippen molar-refractivity contribution in [2.75, 3.05) is 18.6 Å². The Morgan fingerprint density at radius 3 is 2.39 bits per heavy atom. The molecule has 44 heavy (non-hydrogen) atoms. The van der Waals surface area contributed by atoms with E-state index in [2.05, 4.69) is 48.6 Å². The zero-order valence-corrected chi connectivity index (χ0v) is 25.3. The molecule has 6 nitrogen and oxygen atoms in total. The maximum Gasteiger partial charge on any atom is 0.267 e. The van der Waals surface area contributed by atoms with Crippen LogP contribution in [0.5, 0.6) is 5.75 Å². The number of para-hydroxylation sites is 1. The second-order valence-electron chi connectivity index (χ2n) is 11.2. The molecule has 0 atom stereocenters. The summed E-state index contributed by atoms with van der Waals surface area (Å²) in [5.41, 5.74) is 8.36. The van der Waals surface area contributed by atoms with Crippen LogP contribution < -0.4 is 15.0 Å². The van der Waals surface area contributed by atoms with E-state index in [4.69, 9.17) is 4.74 Å². The van der Waals surface area contributed by atoms with Crippen molar-refractivity contribution in [3.05, 3.63) is 143 Å². The molecule has 6 rings (SSSR count). The van der Waals surface area contributed by atoms with Crippen molar-refractivity contribution in [2.24, 2.45) is 0 Å². The van der Waals surface area contributed by atoms with Gasteiger partial charge in [-0.25, -0.2) is 0 Å². The molecule has 1 aromatic heterocycles. The van der Waals surface area contributed by atoms with Gasteiger partial charge in [-0.3, -0.25) is 9.59 Å². The zero-order chi connectivity index (χ0) is 30.5. The molecule has 2 amide bonds. The Morgan fingerprint density at radius 2 is 1.57 bits per heavy atom. The van der Waals surface area contributed by atoms with Gasteiger partial charge in [-0.2, -0.15) is 0 Å². The molecule has 5 aromatic rings. The fourth-order valence-electron chi connectivity index (χ4n) is 6.01. The molecule has 6 heteroatoms. The standard InChI is InChI=1S/C38H37N3O3/c1-27-12-6-8-17-32(27)33-21-19-29(24-36(33)44-2)38(43)41-26-31-20-22-35(40(31)25-30-16-7-9-18-34(30)41)37(42)39-23-11-10-15-28-13-4-3-5-14-28/h3-9,12-14,16-22,24H,10-11,15,23,25-26H2,1-2H3,(H,39,42). The maximum absolute atomic E-state index is 14.1. The monoisotopic (exact) mass is 583 g/mol. The summed E-state index contributed by atoms with van der Waals surface area (Å²) in [6, 6.07) is 36.0. The number of benzene rings is 4. The third-order valence-electron chi connectivity index (χ3n) is 8.38. The number of aromatic nitrogens is 1. The van der Waals surface area contributed by atoms with Gasteiger partial charge in [-0.15, -0.1) is 0 Å². The van der Waals surface area contributed by atoms with Crippen LogP contribution in [-0.4, -0.2) is 30.0 Å². The van der Waals surface area contributed by atoms with Gasteiger partial charge in [0, 0.05) is 29.1 Å². The second kappa shape index (κ2) is 13.0. The number of carbonyl (C=O) groups is 2. The van der Waals surface area contributed by atoms with E-state index in [1.807, 2.05) is 82.3 Å². The van der Waals surface area contributed by atoms with E-state index >= 15 is 0 Å².